The average Bonchev–Trinajstić information content (AvgIpc) is 2.74. The summed E-state index contributed by atoms with van der Waals surface area (Å²) >= 11 is 1.57. The van der Waals surface area contributed by atoms with Gasteiger partial charge in [-0.15, -0.1) is 11.3 Å². The molecule has 5 heteroatoms. The van der Waals surface area contributed by atoms with Crippen LogP contribution in [0.15, 0.2) is 12.3 Å². The number of nitrogens with zero attached hydrogens (tertiary/aromatic N) is 2. The molecular weight excluding hydrogens is 248 g/mol. The third-order valence-corrected chi connectivity index (χ3v) is 4.01. The first-order chi connectivity index (χ1) is 8.63. The summed E-state index contributed by atoms with van der Waals surface area (Å²) in [4.78, 5) is 18.1. The highest BCUT2D eigenvalue weighted by atomic mass is 32.1. The molecule has 1 aliphatic heterocycles. The second-order valence-corrected chi connectivity index (χ2v) is 5.96. The van der Waals surface area contributed by atoms with Crippen LogP contribution < -0.4 is 0 Å². The molecule has 0 bridgehead atoms. The number of likely N-dealkylation sites (tertiary alicyclic amines) is 1. The number of carboxylic acid groups (broad SMARTS) is 1. The van der Waals surface area contributed by atoms with Crippen molar-refractivity contribution in [2.45, 2.75) is 26.3 Å². The Balaban J connectivity index is 1.91. The van der Waals surface area contributed by atoms with Crippen LogP contribution in [0, 0.1) is 5.92 Å². The van der Waals surface area contributed by atoms with Gasteiger partial charge in [0.25, 0.3) is 0 Å². The zero-order valence-electron chi connectivity index (χ0n) is 10.5. The third-order valence-electron chi connectivity index (χ3n) is 3.06. The van der Waals surface area contributed by atoms with E-state index in [0.29, 0.717) is 0 Å². The van der Waals surface area contributed by atoms with Crippen LogP contribution in [0.1, 0.15) is 29.7 Å². The van der Waals surface area contributed by atoms with Gasteiger partial charge in [-0.25, -0.2) is 9.78 Å². The molecule has 2 rings (SSSR count). The number of hydrogen-bond donors (Lipinski definition) is 1. The molecule has 2 heterocycles. The Morgan fingerprint density at radius 3 is 3.28 bits per heavy atom. The van der Waals surface area contributed by atoms with Gasteiger partial charge in [-0.05, 0) is 31.4 Å². The van der Waals surface area contributed by atoms with Crippen LogP contribution >= 0.6 is 11.3 Å². The van der Waals surface area contributed by atoms with E-state index in [4.69, 9.17) is 5.11 Å². The molecule has 1 fully saturated rings. The molecule has 0 spiro atoms. The van der Waals surface area contributed by atoms with E-state index < -0.39 is 5.97 Å². The highest BCUT2D eigenvalue weighted by Crippen LogP contribution is 2.21. The highest BCUT2D eigenvalue weighted by Gasteiger charge is 2.17. The zero-order valence-corrected chi connectivity index (χ0v) is 11.3. The second-order valence-electron chi connectivity index (χ2n) is 4.81. The summed E-state index contributed by atoms with van der Waals surface area (Å²) in [6, 6.07) is 0. The number of carbonyl (C=O) groups is 1. The van der Waals surface area contributed by atoms with Gasteiger partial charge in [0.2, 0.25) is 0 Å². The lowest BCUT2D eigenvalue weighted by Gasteiger charge is -2.29. The summed E-state index contributed by atoms with van der Waals surface area (Å²) in [6.07, 6.45) is 7.08. The molecule has 4 nitrogen and oxygen atoms in total. The Hall–Kier alpha value is -1.20. The minimum absolute atomic E-state index is 0.769. The minimum Gasteiger partial charge on any atom is -0.478 e. The van der Waals surface area contributed by atoms with E-state index in [2.05, 4.69) is 16.8 Å². The smallest absolute Gasteiger partial charge is 0.328 e. The number of carboxylic acids is 1. The van der Waals surface area contributed by atoms with Gasteiger partial charge in [0.05, 0.1) is 6.54 Å². The molecule has 1 aromatic rings. The van der Waals surface area contributed by atoms with E-state index in [-0.39, 0.29) is 0 Å². The van der Waals surface area contributed by atoms with Crippen molar-refractivity contribution in [3.05, 3.63) is 22.2 Å². The summed E-state index contributed by atoms with van der Waals surface area (Å²) in [5.41, 5.74) is 0. The molecule has 1 unspecified atom stereocenters. The fourth-order valence-corrected chi connectivity index (χ4v) is 3.12. The van der Waals surface area contributed by atoms with Crippen LogP contribution in [0.4, 0.5) is 0 Å². The monoisotopic (exact) mass is 266 g/mol. The van der Waals surface area contributed by atoms with Crippen molar-refractivity contribution in [2.24, 2.45) is 5.92 Å². The Morgan fingerprint density at radius 2 is 2.56 bits per heavy atom. The largest absolute Gasteiger partial charge is 0.478 e. The molecule has 18 heavy (non-hydrogen) atoms. The number of rotatable bonds is 4. The van der Waals surface area contributed by atoms with E-state index in [9.17, 15) is 4.79 Å². The van der Waals surface area contributed by atoms with Crippen molar-refractivity contribution in [1.29, 1.82) is 0 Å². The highest BCUT2D eigenvalue weighted by molar-refractivity contribution is 7.12. The molecule has 0 saturated carbocycles. The number of aliphatic carboxylic acids is 1. The van der Waals surface area contributed by atoms with Gasteiger partial charge < -0.3 is 5.11 Å². The molecule has 1 atom stereocenters. The fourth-order valence-electron chi connectivity index (χ4n) is 2.25. The molecule has 0 aliphatic carbocycles. The Bertz CT molecular complexity index is 442. The molecule has 98 valence electrons. The lowest BCUT2D eigenvalue weighted by atomic mass is 10.0. The van der Waals surface area contributed by atoms with Crippen LogP contribution in [-0.2, 0) is 11.3 Å². The maximum absolute atomic E-state index is 10.4. The summed E-state index contributed by atoms with van der Waals surface area (Å²) in [5, 5.41) is 9.63. The van der Waals surface area contributed by atoms with Gasteiger partial charge in [0.1, 0.15) is 5.01 Å². The first-order valence-corrected chi connectivity index (χ1v) is 7.03. The van der Waals surface area contributed by atoms with E-state index in [0.717, 1.165) is 41.5 Å². The van der Waals surface area contributed by atoms with E-state index in [1.54, 1.807) is 23.6 Å². The topological polar surface area (TPSA) is 53.4 Å². The SMILES string of the molecule is CC1CCCN(Cc2ncc(/C=C/C(=O)O)s2)C1. The summed E-state index contributed by atoms with van der Waals surface area (Å²) in [5.74, 6) is -0.153. The van der Waals surface area contributed by atoms with Crippen molar-refractivity contribution in [2.75, 3.05) is 13.1 Å². The van der Waals surface area contributed by atoms with Gasteiger partial charge >= 0.3 is 5.97 Å². The van der Waals surface area contributed by atoms with Gasteiger partial charge in [0, 0.05) is 23.7 Å². The van der Waals surface area contributed by atoms with E-state index in [1.165, 1.54) is 12.8 Å². The number of piperidine rings is 1. The zero-order chi connectivity index (χ0) is 13.0. The first-order valence-electron chi connectivity index (χ1n) is 6.21. The molecule has 1 aromatic heterocycles. The Labute approximate surface area is 111 Å². The summed E-state index contributed by atoms with van der Waals surface area (Å²) < 4.78 is 0. The van der Waals surface area contributed by atoms with Gasteiger partial charge in [-0.2, -0.15) is 0 Å². The van der Waals surface area contributed by atoms with Gasteiger partial charge in [0.15, 0.2) is 0 Å². The van der Waals surface area contributed by atoms with Crippen molar-refractivity contribution in [1.82, 2.24) is 9.88 Å². The van der Waals surface area contributed by atoms with Crippen LogP contribution in [0.25, 0.3) is 6.08 Å². The van der Waals surface area contributed by atoms with Crippen molar-refractivity contribution in [3.8, 4) is 0 Å². The predicted octanol–water partition coefficient (Wildman–Crippen LogP) is 2.47. The Kier molecular flexibility index (Phi) is 4.49. The van der Waals surface area contributed by atoms with E-state index >= 15 is 0 Å². The standard InChI is InChI=1S/C13H18N2O2S/c1-10-3-2-6-15(8-10)9-12-14-7-11(18-12)4-5-13(16)17/h4-5,7,10H,2-3,6,8-9H2,1H3,(H,16,17)/b5-4+. The molecule has 0 aromatic carbocycles. The van der Waals surface area contributed by atoms with Crippen molar-refractivity contribution < 1.29 is 9.90 Å². The lowest BCUT2D eigenvalue weighted by molar-refractivity contribution is -0.131. The van der Waals surface area contributed by atoms with Crippen LogP contribution in [-0.4, -0.2) is 34.0 Å². The van der Waals surface area contributed by atoms with Crippen molar-refractivity contribution in [3.63, 3.8) is 0 Å². The number of aromatic nitrogens is 1. The lowest BCUT2D eigenvalue weighted by Crippen LogP contribution is -2.33. The van der Waals surface area contributed by atoms with Crippen LogP contribution in [0.2, 0.25) is 0 Å². The minimum atomic E-state index is -0.921. The van der Waals surface area contributed by atoms with Crippen molar-refractivity contribution >= 4 is 23.4 Å². The predicted molar refractivity (Wildman–Crippen MR) is 72.5 cm³/mol. The molecule has 0 radical (unpaired) electrons. The fraction of sp³-hybridized carbons (Fsp3) is 0.538. The van der Waals surface area contributed by atoms with Crippen LogP contribution in [0.3, 0.4) is 0 Å². The molecular formula is C13H18N2O2S. The summed E-state index contributed by atoms with van der Waals surface area (Å²) in [6.45, 7) is 5.45. The second kappa shape index (κ2) is 6.11. The van der Waals surface area contributed by atoms with Gasteiger partial charge in [-0.3, -0.25) is 4.90 Å². The normalized spacial score (nSPS) is 21.5. The molecule has 1 N–H and O–H groups in total. The molecule has 1 saturated heterocycles. The maximum Gasteiger partial charge on any atom is 0.328 e. The molecule has 1 aliphatic rings. The van der Waals surface area contributed by atoms with Gasteiger partial charge in [-0.1, -0.05) is 6.92 Å². The summed E-state index contributed by atoms with van der Waals surface area (Å²) in [7, 11) is 0. The quantitative estimate of drug-likeness (QED) is 0.851. The van der Waals surface area contributed by atoms with Crippen LogP contribution in [0.5, 0.6) is 0 Å². The van der Waals surface area contributed by atoms with E-state index in [1.807, 2.05) is 0 Å². The molecule has 0 amide bonds. The first kappa shape index (κ1) is 13.2. The maximum atomic E-state index is 10.4. The number of hydrogen-bond acceptors (Lipinski definition) is 4. The Morgan fingerprint density at radius 1 is 1.72 bits per heavy atom. The average molecular weight is 266 g/mol. The third kappa shape index (κ3) is 3.92. The number of thiazole rings is 1.